The van der Waals surface area contributed by atoms with Gasteiger partial charge in [-0.1, -0.05) is 19.9 Å². The molecule has 0 amide bonds. The molecule has 0 spiro atoms. The van der Waals surface area contributed by atoms with Gasteiger partial charge in [-0.25, -0.2) is 4.98 Å². The minimum absolute atomic E-state index is 0.343. The fraction of sp³-hybridized carbons (Fsp3) is 0.273. The van der Waals surface area contributed by atoms with Crippen LogP contribution in [0.5, 0.6) is 0 Å². The summed E-state index contributed by atoms with van der Waals surface area (Å²) < 4.78 is 0. The Hall–Kier alpha value is -1.84. The summed E-state index contributed by atoms with van der Waals surface area (Å²) in [6.45, 7) is 4.15. The lowest BCUT2D eigenvalue weighted by molar-refractivity contribution is 0.836. The number of hydrogen-bond donors (Lipinski definition) is 2. The normalized spacial score (nSPS) is 10.9. The predicted molar refractivity (Wildman–Crippen MR) is 60.3 cm³/mol. The second kappa shape index (κ2) is 3.73. The summed E-state index contributed by atoms with van der Waals surface area (Å²) in [5, 5.41) is 0. The highest BCUT2D eigenvalue weighted by molar-refractivity contribution is 5.55. The number of nitrogens with one attached hydrogen (secondary N) is 1. The Bertz CT molecular complexity index is 445. The van der Waals surface area contributed by atoms with E-state index in [0.717, 1.165) is 17.2 Å². The lowest BCUT2D eigenvalue weighted by Crippen LogP contribution is -1.94. The van der Waals surface area contributed by atoms with E-state index in [0.29, 0.717) is 11.7 Å². The van der Waals surface area contributed by atoms with Crippen LogP contribution < -0.4 is 5.73 Å². The molecule has 2 heterocycles. The average molecular weight is 202 g/mol. The molecule has 2 aromatic heterocycles. The monoisotopic (exact) mass is 202 g/mol. The number of rotatable bonds is 2. The molecule has 15 heavy (non-hydrogen) atoms. The molecule has 0 bridgehead atoms. The van der Waals surface area contributed by atoms with Crippen molar-refractivity contribution in [2.75, 3.05) is 5.73 Å². The van der Waals surface area contributed by atoms with Crippen molar-refractivity contribution in [2.24, 2.45) is 0 Å². The summed E-state index contributed by atoms with van der Waals surface area (Å²) in [5.41, 5.74) is 7.59. The van der Waals surface area contributed by atoms with Crippen molar-refractivity contribution in [2.45, 2.75) is 19.8 Å². The fourth-order valence-electron chi connectivity index (χ4n) is 1.46. The van der Waals surface area contributed by atoms with E-state index >= 15 is 0 Å². The van der Waals surface area contributed by atoms with E-state index in [-0.39, 0.29) is 0 Å². The molecule has 4 nitrogen and oxygen atoms in total. The molecule has 2 aromatic rings. The quantitative estimate of drug-likeness (QED) is 0.784. The van der Waals surface area contributed by atoms with Crippen LogP contribution in [0, 0.1) is 0 Å². The minimum atomic E-state index is 0.343. The molecule has 0 saturated carbocycles. The summed E-state index contributed by atoms with van der Waals surface area (Å²) in [5.74, 6) is 1.64. The van der Waals surface area contributed by atoms with Gasteiger partial charge >= 0.3 is 0 Å². The van der Waals surface area contributed by atoms with E-state index in [9.17, 15) is 0 Å². The summed E-state index contributed by atoms with van der Waals surface area (Å²) in [6.07, 6.45) is 1.74. The highest BCUT2D eigenvalue weighted by Crippen LogP contribution is 2.22. The third-order valence-electron chi connectivity index (χ3n) is 2.25. The molecule has 0 radical (unpaired) electrons. The van der Waals surface area contributed by atoms with Crippen LogP contribution in [0.25, 0.3) is 11.5 Å². The Kier molecular flexibility index (Phi) is 2.41. The van der Waals surface area contributed by atoms with Crippen molar-refractivity contribution in [3.8, 4) is 11.5 Å². The van der Waals surface area contributed by atoms with E-state index in [1.807, 2.05) is 18.2 Å². The molecule has 0 fully saturated rings. The van der Waals surface area contributed by atoms with Gasteiger partial charge in [0.05, 0.1) is 5.69 Å². The van der Waals surface area contributed by atoms with Crippen LogP contribution in [0.4, 0.5) is 5.82 Å². The Morgan fingerprint density at radius 2 is 2.13 bits per heavy atom. The molecule has 4 heteroatoms. The summed E-state index contributed by atoms with van der Waals surface area (Å²) in [6, 6.07) is 5.71. The lowest BCUT2D eigenvalue weighted by atomic mass is 10.1. The van der Waals surface area contributed by atoms with E-state index in [2.05, 4.69) is 28.8 Å². The summed E-state index contributed by atoms with van der Waals surface area (Å²) in [4.78, 5) is 11.7. The number of aromatic nitrogens is 3. The van der Waals surface area contributed by atoms with Crippen molar-refractivity contribution in [1.29, 1.82) is 0 Å². The molecule has 0 aromatic carbocycles. The molecule has 3 N–H and O–H groups in total. The standard InChI is InChI=1S/C11H14N4/c1-7(2)9-10(12)15-11(14-9)8-5-3-4-6-13-8/h3-7H,12H2,1-2H3,(H,14,15). The number of hydrogen-bond acceptors (Lipinski definition) is 3. The van der Waals surface area contributed by atoms with Gasteiger partial charge in [-0.3, -0.25) is 4.98 Å². The van der Waals surface area contributed by atoms with Crippen molar-refractivity contribution in [3.63, 3.8) is 0 Å². The van der Waals surface area contributed by atoms with Crippen molar-refractivity contribution < 1.29 is 0 Å². The Balaban J connectivity index is 2.43. The molecular weight excluding hydrogens is 188 g/mol. The van der Waals surface area contributed by atoms with E-state index in [1.165, 1.54) is 0 Å². The van der Waals surface area contributed by atoms with Gasteiger partial charge in [-0.2, -0.15) is 0 Å². The van der Waals surface area contributed by atoms with Gasteiger partial charge in [-0.05, 0) is 18.1 Å². The number of aromatic amines is 1. The van der Waals surface area contributed by atoms with Crippen LogP contribution in [-0.4, -0.2) is 15.0 Å². The van der Waals surface area contributed by atoms with Gasteiger partial charge < -0.3 is 10.7 Å². The number of anilines is 1. The van der Waals surface area contributed by atoms with Crippen molar-refractivity contribution in [3.05, 3.63) is 30.1 Å². The fourth-order valence-corrected chi connectivity index (χ4v) is 1.46. The van der Waals surface area contributed by atoms with Gasteiger partial charge in [0, 0.05) is 6.20 Å². The minimum Gasteiger partial charge on any atom is -0.382 e. The van der Waals surface area contributed by atoms with E-state index < -0.39 is 0 Å². The number of nitrogen functional groups attached to an aromatic ring is 1. The second-order valence-corrected chi connectivity index (χ2v) is 3.75. The summed E-state index contributed by atoms with van der Waals surface area (Å²) >= 11 is 0. The zero-order chi connectivity index (χ0) is 10.8. The molecule has 0 atom stereocenters. The Morgan fingerprint density at radius 1 is 1.33 bits per heavy atom. The SMILES string of the molecule is CC(C)c1[nH]c(-c2ccccn2)nc1N. The Morgan fingerprint density at radius 3 is 2.67 bits per heavy atom. The van der Waals surface area contributed by atoms with Crippen molar-refractivity contribution in [1.82, 2.24) is 15.0 Å². The van der Waals surface area contributed by atoms with E-state index in [1.54, 1.807) is 6.20 Å². The number of pyridine rings is 1. The van der Waals surface area contributed by atoms with Gasteiger partial charge in [0.15, 0.2) is 5.82 Å². The first-order valence-corrected chi connectivity index (χ1v) is 4.95. The lowest BCUT2D eigenvalue weighted by Gasteiger charge is -2.00. The van der Waals surface area contributed by atoms with Gasteiger partial charge in [-0.15, -0.1) is 0 Å². The average Bonchev–Trinajstić information content (AvgIpc) is 2.62. The molecular formula is C11H14N4. The third kappa shape index (κ3) is 1.83. The highest BCUT2D eigenvalue weighted by atomic mass is 15.0. The zero-order valence-corrected chi connectivity index (χ0v) is 8.86. The van der Waals surface area contributed by atoms with Gasteiger partial charge in [0.2, 0.25) is 0 Å². The first kappa shape index (κ1) is 9.71. The zero-order valence-electron chi connectivity index (χ0n) is 8.86. The van der Waals surface area contributed by atoms with Gasteiger partial charge in [0.25, 0.3) is 0 Å². The highest BCUT2D eigenvalue weighted by Gasteiger charge is 2.11. The van der Waals surface area contributed by atoms with Crippen LogP contribution >= 0.6 is 0 Å². The van der Waals surface area contributed by atoms with Crippen LogP contribution in [0.3, 0.4) is 0 Å². The molecule has 0 unspecified atom stereocenters. The first-order chi connectivity index (χ1) is 7.18. The van der Waals surface area contributed by atoms with Crippen molar-refractivity contribution >= 4 is 5.82 Å². The summed E-state index contributed by atoms with van der Waals surface area (Å²) in [7, 11) is 0. The topological polar surface area (TPSA) is 67.6 Å². The molecule has 0 aliphatic heterocycles. The maximum Gasteiger partial charge on any atom is 0.158 e. The third-order valence-corrected chi connectivity index (χ3v) is 2.25. The predicted octanol–water partition coefficient (Wildman–Crippen LogP) is 2.18. The second-order valence-electron chi connectivity index (χ2n) is 3.75. The molecule has 0 saturated heterocycles. The maximum absolute atomic E-state index is 5.81. The van der Waals surface area contributed by atoms with E-state index in [4.69, 9.17) is 5.73 Å². The smallest absolute Gasteiger partial charge is 0.158 e. The molecule has 0 aliphatic carbocycles. The molecule has 78 valence electrons. The Labute approximate surface area is 88.6 Å². The van der Waals surface area contributed by atoms with Crippen LogP contribution in [0.2, 0.25) is 0 Å². The first-order valence-electron chi connectivity index (χ1n) is 4.95. The molecule has 0 aliphatic rings. The van der Waals surface area contributed by atoms with Crippen LogP contribution in [-0.2, 0) is 0 Å². The number of nitrogens with two attached hydrogens (primary N) is 1. The van der Waals surface area contributed by atoms with Crippen LogP contribution in [0.1, 0.15) is 25.5 Å². The number of nitrogens with zero attached hydrogens (tertiary/aromatic N) is 2. The van der Waals surface area contributed by atoms with Gasteiger partial charge in [0.1, 0.15) is 11.5 Å². The molecule has 2 rings (SSSR count). The number of H-pyrrole nitrogens is 1. The maximum atomic E-state index is 5.81. The number of imidazole rings is 1. The van der Waals surface area contributed by atoms with Crippen LogP contribution in [0.15, 0.2) is 24.4 Å². The largest absolute Gasteiger partial charge is 0.382 e.